The lowest BCUT2D eigenvalue weighted by Crippen LogP contribution is -1.93. The van der Waals surface area contributed by atoms with E-state index in [1.807, 2.05) is 30.3 Å². The number of aromatic nitrogens is 3. The van der Waals surface area contributed by atoms with Crippen molar-refractivity contribution < 1.29 is 13.3 Å². The van der Waals surface area contributed by atoms with Crippen LogP contribution in [0.15, 0.2) is 56.2 Å². The zero-order chi connectivity index (χ0) is 15.8. The summed E-state index contributed by atoms with van der Waals surface area (Å²) >= 11 is 0. The molecule has 0 unspecified atom stereocenters. The summed E-state index contributed by atoms with van der Waals surface area (Å²) in [5.74, 6) is -0.480. The van der Waals surface area contributed by atoms with Gasteiger partial charge in [0, 0.05) is 5.56 Å². The third kappa shape index (κ3) is 2.52. The maximum atomic E-state index is 13.9. The fraction of sp³-hybridized carbons (Fsp3) is 0.0625. The van der Waals surface area contributed by atoms with E-state index < -0.39 is 11.6 Å². The predicted molar refractivity (Wildman–Crippen MR) is 79.3 cm³/mol. The van der Waals surface area contributed by atoms with E-state index in [9.17, 15) is 9.18 Å². The van der Waals surface area contributed by atoms with Crippen LogP contribution < -0.4 is 5.76 Å². The number of benzene rings is 2. The highest BCUT2D eigenvalue weighted by atomic mass is 19.1. The van der Waals surface area contributed by atoms with Gasteiger partial charge in [-0.05, 0) is 17.7 Å². The standard InChI is InChI=1S/C16H10FN3O3/c17-11-6-9(7-12-14(11)22-16(21)18-12)8-13-19-15(20-23-13)10-4-2-1-3-5-10/h1-7H,8H2,(H,18,21). The fourth-order valence-corrected chi connectivity index (χ4v) is 2.38. The topological polar surface area (TPSA) is 84.9 Å². The van der Waals surface area contributed by atoms with Crippen molar-refractivity contribution in [2.75, 3.05) is 0 Å². The summed E-state index contributed by atoms with van der Waals surface area (Å²) in [7, 11) is 0. The lowest BCUT2D eigenvalue weighted by atomic mass is 10.1. The minimum atomic E-state index is -0.694. The van der Waals surface area contributed by atoms with Gasteiger partial charge in [0.25, 0.3) is 0 Å². The SMILES string of the molecule is O=c1[nH]c2cc(Cc3nc(-c4ccccc4)no3)cc(F)c2o1. The van der Waals surface area contributed by atoms with Crippen LogP contribution in [0.2, 0.25) is 0 Å². The van der Waals surface area contributed by atoms with Gasteiger partial charge in [-0.1, -0.05) is 35.5 Å². The molecule has 0 saturated carbocycles. The van der Waals surface area contributed by atoms with Crippen molar-refractivity contribution in [3.63, 3.8) is 0 Å². The monoisotopic (exact) mass is 311 g/mol. The van der Waals surface area contributed by atoms with Crippen LogP contribution in [0, 0.1) is 5.82 Å². The van der Waals surface area contributed by atoms with Gasteiger partial charge >= 0.3 is 5.76 Å². The first-order valence-electron chi connectivity index (χ1n) is 6.88. The average molecular weight is 311 g/mol. The maximum Gasteiger partial charge on any atom is 0.417 e. The number of oxazole rings is 1. The quantitative estimate of drug-likeness (QED) is 0.629. The number of hydrogen-bond donors (Lipinski definition) is 1. The van der Waals surface area contributed by atoms with E-state index >= 15 is 0 Å². The minimum Gasteiger partial charge on any atom is -0.405 e. The number of hydrogen-bond acceptors (Lipinski definition) is 5. The molecule has 0 saturated heterocycles. The first-order chi connectivity index (χ1) is 11.2. The molecule has 23 heavy (non-hydrogen) atoms. The van der Waals surface area contributed by atoms with Crippen molar-refractivity contribution in [2.24, 2.45) is 0 Å². The van der Waals surface area contributed by atoms with E-state index in [4.69, 9.17) is 8.94 Å². The van der Waals surface area contributed by atoms with Crippen molar-refractivity contribution in [1.82, 2.24) is 15.1 Å². The summed E-state index contributed by atoms with van der Waals surface area (Å²) in [4.78, 5) is 17.9. The van der Waals surface area contributed by atoms with Crippen LogP contribution in [-0.2, 0) is 6.42 Å². The van der Waals surface area contributed by atoms with E-state index in [1.54, 1.807) is 6.07 Å². The highest BCUT2D eigenvalue weighted by Crippen LogP contribution is 2.20. The summed E-state index contributed by atoms with van der Waals surface area (Å²) in [6, 6.07) is 12.3. The Labute approximate surface area is 128 Å². The molecule has 2 aromatic carbocycles. The summed E-state index contributed by atoms with van der Waals surface area (Å²) in [5, 5.41) is 3.92. The van der Waals surface area contributed by atoms with E-state index in [1.165, 1.54) is 6.07 Å². The van der Waals surface area contributed by atoms with E-state index in [0.29, 0.717) is 22.8 Å². The number of nitrogens with one attached hydrogen (secondary N) is 1. The Hall–Kier alpha value is -3.22. The van der Waals surface area contributed by atoms with Crippen molar-refractivity contribution >= 4 is 11.1 Å². The summed E-state index contributed by atoms with van der Waals surface area (Å²) in [5.41, 5.74) is 1.64. The maximum absolute atomic E-state index is 13.9. The number of halogens is 1. The molecule has 2 aromatic heterocycles. The van der Waals surface area contributed by atoms with Crippen LogP contribution in [0.25, 0.3) is 22.5 Å². The molecular formula is C16H10FN3O3. The zero-order valence-electron chi connectivity index (χ0n) is 11.7. The van der Waals surface area contributed by atoms with Gasteiger partial charge < -0.3 is 8.94 Å². The molecule has 7 heteroatoms. The molecule has 0 fully saturated rings. The molecule has 6 nitrogen and oxygen atoms in total. The van der Waals surface area contributed by atoms with Gasteiger partial charge in [0.05, 0.1) is 11.9 Å². The second kappa shape index (κ2) is 5.20. The average Bonchev–Trinajstić information content (AvgIpc) is 3.15. The Morgan fingerprint density at radius 1 is 1.17 bits per heavy atom. The molecule has 0 bridgehead atoms. The molecular weight excluding hydrogens is 301 g/mol. The van der Waals surface area contributed by atoms with Crippen LogP contribution in [-0.4, -0.2) is 15.1 Å². The van der Waals surface area contributed by atoms with Crippen molar-refractivity contribution in [1.29, 1.82) is 0 Å². The molecule has 2 heterocycles. The van der Waals surface area contributed by atoms with E-state index in [0.717, 1.165) is 5.56 Å². The number of aromatic amines is 1. The van der Waals surface area contributed by atoms with Crippen molar-refractivity contribution in [2.45, 2.75) is 6.42 Å². The molecule has 0 radical (unpaired) electrons. The van der Waals surface area contributed by atoms with E-state index in [-0.39, 0.29) is 12.0 Å². The molecule has 4 rings (SSSR count). The molecule has 1 N–H and O–H groups in total. The molecule has 0 amide bonds. The normalized spacial score (nSPS) is 11.2. The van der Waals surface area contributed by atoms with Crippen molar-refractivity contribution in [3.8, 4) is 11.4 Å². The Morgan fingerprint density at radius 2 is 2.00 bits per heavy atom. The van der Waals surface area contributed by atoms with Crippen molar-refractivity contribution in [3.05, 3.63) is 70.3 Å². The summed E-state index contributed by atoms with van der Waals surface area (Å²) < 4.78 is 23.8. The third-order valence-electron chi connectivity index (χ3n) is 3.39. The summed E-state index contributed by atoms with van der Waals surface area (Å²) in [6.07, 6.45) is 0.250. The van der Waals surface area contributed by atoms with Gasteiger partial charge in [0.15, 0.2) is 11.4 Å². The molecule has 0 aliphatic heterocycles. The Morgan fingerprint density at radius 3 is 2.83 bits per heavy atom. The van der Waals surface area contributed by atoms with Crippen LogP contribution >= 0.6 is 0 Å². The molecule has 114 valence electrons. The van der Waals surface area contributed by atoms with Crippen LogP contribution in [0.5, 0.6) is 0 Å². The third-order valence-corrected chi connectivity index (χ3v) is 3.39. The van der Waals surface area contributed by atoms with Crippen LogP contribution in [0.3, 0.4) is 0 Å². The van der Waals surface area contributed by atoms with Gasteiger partial charge in [0.2, 0.25) is 11.7 Å². The highest BCUT2D eigenvalue weighted by molar-refractivity contribution is 5.73. The number of H-pyrrole nitrogens is 1. The molecule has 4 aromatic rings. The molecule has 0 aliphatic rings. The Kier molecular flexibility index (Phi) is 3.04. The fourth-order valence-electron chi connectivity index (χ4n) is 2.38. The van der Waals surface area contributed by atoms with Gasteiger partial charge in [-0.2, -0.15) is 4.98 Å². The smallest absolute Gasteiger partial charge is 0.405 e. The number of rotatable bonds is 3. The summed E-state index contributed by atoms with van der Waals surface area (Å²) in [6.45, 7) is 0. The second-order valence-corrected chi connectivity index (χ2v) is 5.02. The number of fused-ring (bicyclic) bond motifs is 1. The number of nitrogens with zero attached hydrogens (tertiary/aromatic N) is 2. The van der Waals surface area contributed by atoms with Crippen LogP contribution in [0.1, 0.15) is 11.5 Å². The molecule has 0 atom stereocenters. The zero-order valence-corrected chi connectivity index (χ0v) is 11.7. The molecule has 0 spiro atoms. The van der Waals surface area contributed by atoms with Gasteiger partial charge in [-0.15, -0.1) is 0 Å². The minimum absolute atomic E-state index is 0.0887. The van der Waals surface area contributed by atoms with Gasteiger partial charge in [0.1, 0.15) is 0 Å². The molecule has 0 aliphatic carbocycles. The van der Waals surface area contributed by atoms with Crippen LogP contribution in [0.4, 0.5) is 4.39 Å². The largest absolute Gasteiger partial charge is 0.417 e. The Bertz CT molecular complexity index is 1030. The Balaban J connectivity index is 1.66. The second-order valence-electron chi connectivity index (χ2n) is 5.02. The first-order valence-corrected chi connectivity index (χ1v) is 6.88. The lowest BCUT2D eigenvalue weighted by Gasteiger charge is -1.98. The van der Waals surface area contributed by atoms with Gasteiger partial charge in [-0.25, -0.2) is 9.18 Å². The first kappa shape index (κ1) is 13.4. The highest BCUT2D eigenvalue weighted by Gasteiger charge is 2.13. The van der Waals surface area contributed by atoms with E-state index in [2.05, 4.69) is 15.1 Å². The lowest BCUT2D eigenvalue weighted by molar-refractivity contribution is 0.385. The van der Waals surface area contributed by atoms with Gasteiger partial charge in [-0.3, -0.25) is 4.98 Å². The predicted octanol–water partition coefficient (Wildman–Crippen LogP) is 2.90.